The van der Waals surface area contributed by atoms with Gasteiger partial charge >= 0.3 is 0 Å². The number of aromatic nitrogens is 3. The molecule has 1 N–H and O–H groups in total. The maximum absolute atomic E-state index is 12.9. The van der Waals surface area contributed by atoms with Crippen LogP contribution in [-0.4, -0.2) is 20.7 Å². The molecule has 0 saturated carbocycles. The minimum absolute atomic E-state index is 0.132. The van der Waals surface area contributed by atoms with Crippen LogP contribution in [-0.2, 0) is 0 Å². The molecule has 0 aliphatic rings. The molecule has 1 amide bonds. The van der Waals surface area contributed by atoms with E-state index in [4.69, 9.17) is 0 Å². The first kappa shape index (κ1) is 18.6. The van der Waals surface area contributed by atoms with Gasteiger partial charge in [0.05, 0.1) is 5.69 Å². The van der Waals surface area contributed by atoms with E-state index in [-0.39, 0.29) is 11.7 Å². The molecule has 3 aromatic carbocycles. The SMILES string of the molecule is Cc1ccc(-n2nc(C(=O)Nc3ccccc3C)nc2-c2ccccc2)c(C)c1. The van der Waals surface area contributed by atoms with Gasteiger partial charge in [-0.05, 0) is 44.0 Å². The summed E-state index contributed by atoms with van der Waals surface area (Å²) in [5.74, 6) is 0.430. The van der Waals surface area contributed by atoms with Crippen LogP contribution in [0.5, 0.6) is 0 Å². The summed E-state index contributed by atoms with van der Waals surface area (Å²) in [6.45, 7) is 6.04. The predicted octanol–water partition coefficient (Wildman–Crippen LogP) is 5.11. The molecule has 144 valence electrons. The molecule has 5 heteroatoms. The van der Waals surface area contributed by atoms with Crippen LogP contribution in [0.4, 0.5) is 5.69 Å². The van der Waals surface area contributed by atoms with E-state index < -0.39 is 0 Å². The van der Waals surface area contributed by atoms with Gasteiger partial charge in [-0.15, -0.1) is 5.10 Å². The Morgan fingerprint density at radius 3 is 2.31 bits per heavy atom. The molecule has 0 unspecified atom stereocenters. The summed E-state index contributed by atoms with van der Waals surface area (Å²) in [5, 5.41) is 7.48. The van der Waals surface area contributed by atoms with E-state index in [1.165, 1.54) is 5.56 Å². The van der Waals surface area contributed by atoms with Gasteiger partial charge in [-0.2, -0.15) is 0 Å². The fourth-order valence-corrected chi connectivity index (χ4v) is 3.28. The number of nitrogens with one attached hydrogen (secondary N) is 1. The van der Waals surface area contributed by atoms with Crippen LogP contribution in [0.2, 0.25) is 0 Å². The Morgan fingerprint density at radius 1 is 0.862 bits per heavy atom. The summed E-state index contributed by atoms with van der Waals surface area (Å²) >= 11 is 0. The molecule has 0 saturated heterocycles. The summed E-state index contributed by atoms with van der Waals surface area (Å²) in [6, 6.07) is 23.6. The number of amides is 1. The minimum Gasteiger partial charge on any atom is -0.319 e. The maximum Gasteiger partial charge on any atom is 0.295 e. The Hall–Kier alpha value is -3.73. The van der Waals surface area contributed by atoms with Crippen LogP contribution < -0.4 is 5.32 Å². The van der Waals surface area contributed by atoms with Gasteiger partial charge in [0.25, 0.3) is 5.91 Å². The molecule has 0 spiro atoms. The zero-order chi connectivity index (χ0) is 20.4. The van der Waals surface area contributed by atoms with Crippen molar-refractivity contribution in [1.29, 1.82) is 0 Å². The average molecular weight is 382 g/mol. The van der Waals surface area contributed by atoms with Crippen LogP contribution in [0.25, 0.3) is 17.1 Å². The molecule has 0 atom stereocenters. The van der Waals surface area contributed by atoms with Crippen LogP contribution >= 0.6 is 0 Å². The number of hydrogen-bond acceptors (Lipinski definition) is 3. The molecule has 29 heavy (non-hydrogen) atoms. The van der Waals surface area contributed by atoms with E-state index in [0.717, 1.165) is 28.1 Å². The zero-order valence-electron chi connectivity index (χ0n) is 16.7. The first-order valence-electron chi connectivity index (χ1n) is 9.50. The van der Waals surface area contributed by atoms with Crippen molar-refractivity contribution < 1.29 is 4.79 Å². The molecule has 0 aliphatic heterocycles. The highest BCUT2D eigenvalue weighted by atomic mass is 16.2. The second kappa shape index (κ2) is 7.72. The van der Waals surface area contributed by atoms with E-state index in [0.29, 0.717) is 5.82 Å². The van der Waals surface area contributed by atoms with Gasteiger partial charge in [-0.25, -0.2) is 9.67 Å². The number of para-hydroxylation sites is 1. The van der Waals surface area contributed by atoms with Crippen LogP contribution in [0.15, 0.2) is 72.8 Å². The lowest BCUT2D eigenvalue weighted by Crippen LogP contribution is -2.15. The Bertz CT molecular complexity index is 1180. The summed E-state index contributed by atoms with van der Waals surface area (Å²) < 4.78 is 1.75. The fraction of sp³-hybridized carbons (Fsp3) is 0.125. The fourth-order valence-electron chi connectivity index (χ4n) is 3.28. The summed E-state index contributed by atoms with van der Waals surface area (Å²) in [4.78, 5) is 17.5. The van der Waals surface area contributed by atoms with E-state index in [1.54, 1.807) is 4.68 Å². The van der Waals surface area contributed by atoms with E-state index in [2.05, 4.69) is 28.4 Å². The van der Waals surface area contributed by atoms with Crippen LogP contribution in [0, 0.1) is 20.8 Å². The van der Waals surface area contributed by atoms with E-state index >= 15 is 0 Å². The van der Waals surface area contributed by atoms with Crippen molar-refractivity contribution in [3.05, 3.63) is 95.3 Å². The summed E-state index contributed by atoms with van der Waals surface area (Å²) in [7, 11) is 0. The normalized spacial score (nSPS) is 10.7. The maximum atomic E-state index is 12.9. The monoisotopic (exact) mass is 382 g/mol. The van der Waals surface area contributed by atoms with Gasteiger partial charge in [-0.1, -0.05) is 66.2 Å². The number of benzene rings is 3. The molecular formula is C24H22N4O. The summed E-state index contributed by atoms with van der Waals surface area (Å²) in [5.41, 5.74) is 5.77. The smallest absolute Gasteiger partial charge is 0.295 e. The molecule has 0 aliphatic carbocycles. The molecule has 0 radical (unpaired) electrons. The third-order valence-electron chi connectivity index (χ3n) is 4.82. The second-order valence-corrected chi connectivity index (χ2v) is 7.10. The molecule has 4 rings (SSSR count). The van der Waals surface area contributed by atoms with Crippen molar-refractivity contribution >= 4 is 11.6 Å². The Labute approximate surface area is 170 Å². The van der Waals surface area contributed by atoms with Gasteiger partial charge < -0.3 is 5.32 Å². The van der Waals surface area contributed by atoms with Crippen LogP contribution in [0.3, 0.4) is 0 Å². The topological polar surface area (TPSA) is 59.8 Å². The first-order valence-corrected chi connectivity index (χ1v) is 9.50. The quantitative estimate of drug-likeness (QED) is 0.533. The molecule has 0 bridgehead atoms. The van der Waals surface area contributed by atoms with Crippen molar-refractivity contribution in [2.24, 2.45) is 0 Å². The predicted molar refractivity (Wildman–Crippen MR) is 115 cm³/mol. The lowest BCUT2D eigenvalue weighted by Gasteiger charge is -2.09. The Balaban J connectivity index is 1.79. The second-order valence-electron chi connectivity index (χ2n) is 7.10. The number of carbonyl (C=O) groups excluding carboxylic acids is 1. The third kappa shape index (κ3) is 3.80. The molecule has 1 aromatic heterocycles. The molecular weight excluding hydrogens is 360 g/mol. The third-order valence-corrected chi connectivity index (χ3v) is 4.82. The number of aryl methyl sites for hydroxylation is 3. The molecule has 0 fully saturated rings. The zero-order valence-corrected chi connectivity index (χ0v) is 16.7. The number of rotatable bonds is 4. The number of nitrogens with zero attached hydrogens (tertiary/aromatic N) is 3. The number of hydrogen-bond donors (Lipinski definition) is 1. The highest BCUT2D eigenvalue weighted by molar-refractivity contribution is 6.02. The lowest BCUT2D eigenvalue weighted by atomic mass is 10.1. The lowest BCUT2D eigenvalue weighted by molar-refractivity contribution is 0.101. The molecule has 4 aromatic rings. The standard InChI is InChI=1S/C24H22N4O/c1-16-13-14-21(18(3)15-16)28-23(19-10-5-4-6-11-19)26-22(27-28)24(29)25-20-12-8-7-9-17(20)2/h4-15H,1-3H3,(H,25,29). The van der Waals surface area contributed by atoms with Crippen molar-refractivity contribution in [3.63, 3.8) is 0 Å². The van der Waals surface area contributed by atoms with Crippen LogP contribution in [0.1, 0.15) is 27.3 Å². The van der Waals surface area contributed by atoms with Gasteiger partial charge in [0.15, 0.2) is 5.82 Å². The Kier molecular flexibility index (Phi) is 4.96. The van der Waals surface area contributed by atoms with Crippen molar-refractivity contribution in [2.45, 2.75) is 20.8 Å². The minimum atomic E-state index is -0.333. The first-order chi connectivity index (χ1) is 14.0. The van der Waals surface area contributed by atoms with Crippen molar-refractivity contribution in [1.82, 2.24) is 14.8 Å². The van der Waals surface area contributed by atoms with Gasteiger partial charge in [-0.3, -0.25) is 4.79 Å². The average Bonchev–Trinajstić information content (AvgIpc) is 3.16. The highest BCUT2D eigenvalue weighted by Crippen LogP contribution is 2.24. The molecule has 5 nitrogen and oxygen atoms in total. The van der Waals surface area contributed by atoms with Crippen molar-refractivity contribution in [3.8, 4) is 17.1 Å². The van der Waals surface area contributed by atoms with Gasteiger partial charge in [0.2, 0.25) is 5.82 Å². The summed E-state index contributed by atoms with van der Waals surface area (Å²) in [6.07, 6.45) is 0. The molecule has 1 heterocycles. The van der Waals surface area contributed by atoms with E-state index in [9.17, 15) is 4.79 Å². The van der Waals surface area contributed by atoms with E-state index in [1.807, 2.05) is 80.6 Å². The van der Waals surface area contributed by atoms with Gasteiger partial charge in [0.1, 0.15) is 0 Å². The largest absolute Gasteiger partial charge is 0.319 e. The highest BCUT2D eigenvalue weighted by Gasteiger charge is 2.20. The number of carbonyl (C=O) groups is 1. The van der Waals surface area contributed by atoms with Crippen molar-refractivity contribution in [2.75, 3.05) is 5.32 Å². The Morgan fingerprint density at radius 2 is 1.59 bits per heavy atom. The van der Waals surface area contributed by atoms with Gasteiger partial charge in [0, 0.05) is 11.3 Å². The number of anilines is 1.